The molecule has 0 amide bonds. The van der Waals surface area contributed by atoms with E-state index in [-0.39, 0.29) is 25.1 Å². The van der Waals surface area contributed by atoms with Gasteiger partial charge in [0.05, 0.1) is 18.8 Å². The highest BCUT2D eigenvalue weighted by Gasteiger charge is 2.40. The first-order chi connectivity index (χ1) is 6.22. The average Bonchev–Trinajstić information content (AvgIpc) is 2.48. The van der Waals surface area contributed by atoms with Crippen molar-refractivity contribution >= 4 is 12.4 Å². The van der Waals surface area contributed by atoms with E-state index in [0.29, 0.717) is 19.0 Å². The predicted molar refractivity (Wildman–Crippen MR) is 54.5 cm³/mol. The van der Waals surface area contributed by atoms with Crippen LogP contribution in [0.4, 0.5) is 0 Å². The molecule has 2 fully saturated rings. The molecule has 84 valence electrons. The number of nitrogens with zero attached hydrogens (tertiary/aromatic N) is 1. The molecule has 2 aliphatic rings. The molecule has 0 radical (unpaired) electrons. The molecule has 5 heteroatoms. The molecule has 4 nitrogen and oxygen atoms in total. The number of rotatable bonds is 1. The molecule has 0 aliphatic carbocycles. The Morgan fingerprint density at radius 1 is 1.14 bits per heavy atom. The minimum atomic E-state index is -0.636. The van der Waals surface area contributed by atoms with E-state index < -0.39 is 12.2 Å². The topological polar surface area (TPSA) is 63.9 Å². The van der Waals surface area contributed by atoms with Gasteiger partial charge in [-0.1, -0.05) is 0 Å². The van der Waals surface area contributed by atoms with Crippen molar-refractivity contribution in [3.63, 3.8) is 0 Å². The van der Waals surface area contributed by atoms with Crippen LogP contribution in [0.25, 0.3) is 0 Å². The summed E-state index contributed by atoms with van der Waals surface area (Å²) in [4.78, 5) is 2.14. The third kappa shape index (κ3) is 2.04. The normalized spacial score (nSPS) is 43.1. The number of piperidine rings is 1. The monoisotopic (exact) mass is 223 g/mol. The van der Waals surface area contributed by atoms with Crippen LogP contribution in [0, 0.1) is 0 Å². The first-order valence-electron chi connectivity index (χ1n) is 4.95. The van der Waals surface area contributed by atoms with Gasteiger partial charge in [0.2, 0.25) is 0 Å². The molecule has 0 aromatic heterocycles. The highest BCUT2D eigenvalue weighted by atomic mass is 35.5. The quantitative estimate of drug-likeness (QED) is 0.554. The van der Waals surface area contributed by atoms with Gasteiger partial charge in [0.25, 0.3) is 0 Å². The van der Waals surface area contributed by atoms with Gasteiger partial charge < -0.3 is 15.3 Å². The molecule has 2 rings (SSSR count). The van der Waals surface area contributed by atoms with Gasteiger partial charge in [0.15, 0.2) is 0 Å². The summed E-state index contributed by atoms with van der Waals surface area (Å²) in [6.45, 7) is 0.677. The zero-order valence-electron chi connectivity index (χ0n) is 8.04. The minimum absolute atomic E-state index is 0. The molecule has 2 saturated heterocycles. The Labute approximate surface area is 89.9 Å². The maximum absolute atomic E-state index is 9.46. The second kappa shape index (κ2) is 4.77. The number of aliphatic hydroxyl groups is 3. The maximum atomic E-state index is 9.46. The van der Waals surface area contributed by atoms with E-state index in [1.807, 2.05) is 0 Å². The van der Waals surface area contributed by atoms with Crippen LogP contribution in [-0.4, -0.2) is 57.7 Å². The molecule has 0 spiro atoms. The molecular weight excluding hydrogens is 206 g/mol. The van der Waals surface area contributed by atoms with Crippen molar-refractivity contribution in [2.75, 3.05) is 13.2 Å². The van der Waals surface area contributed by atoms with E-state index >= 15 is 0 Å². The largest absolute Gasteiger partial charge is 0.395 e. The zero-order chi connectivity index (χ0) is 9.42. The Hall–Kier alpha value is 0.130. The van der Waals surface area contributed by atoms with Gasteiger partial charge in [-0.25, -0.2) is 0 Å². The molecule has 0 aromatic rings. The molecule has 2 aliphatic heterocycles. The van der Waals surface area contributed by atoms with E-state index in [0.717, 1.165) is 12.8 Å². The third-order valence-electron chi connectivity index (χ3n) is 3.34. The van der Waals surface area contributed by atoms with Crippen molar-refractivity contribution in [1.29, 1.82) is 0 Å². The van der Waals surface area contributed by atoms with Gasteiger partial charge >= 0.3 is 0 Å². The Kier molecular flexibility index (Phi) is 4.15. The molecule has 0 saturated carbocycles. The lowest BCUT2D eigenvalue weighted by Gasteiger charge is -2.38. The van der Waals surface area contributed by atoms with E-state index in [9.17, 15) is 10.2 Å². The molecule has 0 bridgehead atoms. The second-order valence-corrected chi connectivity index (χ2v) is 4.13. The first kappa shape index (κ1) is 12.2. The van der Waals surface area contributed by atoms with Crippen LogP contribution in [0.1, 0.15) is 19.3 Å². The van der Waals surface area contributed by atoms with Crippen LogP contribution >= 0.6 is 12.4 Å². The number of hydrogen-bond acceptors (Lipinski definition) is 4. The van der Waals surface area contributed by atoms with Crippen LogP contribution in [0.2, 0.25) is 0 Å². The van der Waals surface area contributed by atoms with Crippen LogP contribution in [-0.2, 0) is 0 Å². The van der Waals surface area contributed by atoms with Gasteiger partial charge in [-0.05, 0) is 19.3 Å². The number of aliphatic hydroxyl groups excluding tert-OH is 3. The van der Waals surface area contributed by atoms with Crippen LogP contribution < -0.4 is 0 Å². The second-order valence-electron chi connectivity index (χ2n) is 4.13. The van der Waals surface area contributed by atoms with E-state index in [1.165, 1.54) is 0 Å². The smallest absolute Gasteiger partial charge is 0.0926 e. The van der Waals surface area contributed by atoms with Crippen LogP contribution in [0.5, 0.6) is 0 Å². The van der Waals surface area contributed by atoms with Gasteiger partial charge in [-0.3, -0.25) is 4.90 Å². The minimum Gasteiger partial charge on any atom is -0.395 e. The predicted octanol–water partition coefficient (Wildman–Crippen LogP) is -0.641. The summed E-state index contributed by atoms with van der Waals surface area (Å²) in [6.07, 6.45) is 1.47. The SMILES string of the molecule is Cl.OC[C@@H]1CC[C@H]2C[C@H](O)[C@H](O)CN12. The lowest BCUT2D eigenvalue weighted by Crippen LogP contribution is -2.52. The van der Waals surface area contributed by atoms with Crippen molar-refractivity contribution in [3.8, 4) is 0 Å². The van der Waals surface area contributed by atoms with Gasteiger partial charge in [0, 0.05) is 18.6 Å². The number of fused-ring (bicyclic) bond motifs is 1. The summed E-state index contributed by atoms with van der Waals surface area (Å²) < 4.78 is 0. The number of hydrogen-bond donors (Lipinski definition) is 3. The fraction of sp³-hybridized carbons (Fsp3) is 1.00. The lowest BCUT2D eigenvalue weighted by molar-refractivity contribution is -0.0635. The summed E-state index contributed by atoms with van der Waals surface area (Å²) in [6, 6.07) is 0.572. The summed E-state index contributed by atoms with van der Waals surface area (Å²) in [5.74, 6) is 0. The summed E-state index contributed by atoms with van der Waals surface area (Å²) >= 11 is 0. The number of halogens is 1. The van der Waals surface area contributed by atoms with Gasteiger partial charge in [-0.2, -0.15) is 0 Å². The Morgan fingerprint density at radius 2 is 1.86 bits per heavy atom. The maximum Gasteiger partial charge on any atom is 0.0926 e. The van der Waals surface area contributed by atoms with Crippen LogP contribution in [0.15, 0.2) is 0 Å². The molecule has 4 atom stereocenters. The van der Waals surface area contributed by atoms with Gasteiger partial charge in [0.1, 0.15) is 0 Å². The molecule has 14 heavy (non-hydrogen) atoms. The van der Waals surface area contributed by atoms with E-state index in [1.54, 1.807) is 0 Å². The zero-order valence-corrected chi connectivity index (χ0v) is 8.86. The fourth-order valence-electron chi connectivity index (χ4n) is 2.54. The van der Waals surface area contributed by atoms with Crippen molar-refractivity contribution in [3.05, 3.63) is 0 Å². The van der Waals surface area contributed by atoms with Crippen LogP contribution in [0.3, 0.4) is 0 Å². The molecule has 0 unspecified atom stereocenters. The summed E-state index contributed by atoms with van der Waals surface area (Å²) in [5, 5.41) is 28.0. The molecular formula is C9H18ClNO3. The Bertz CT molecular complexity index is 193. The Balaban J connectivity index is 0.000000980. The summed E-state index contributed by atoms with van der Waals surface area (Å²) in [5.41, 5.74) is 0. The fourth-order valence-corrected chi connectivity index (χ4v) is 2.54. The molecule has 2 heterocycles. The van der Waals surface area contributed by atoms with Crippen molar-refractivity contribution in [2.45, 2.75) is 43.6 Å². The first-order valence-corrected chi connectivity index (χ1v) is 4.95. The van der Waals surface area contributed by atoms with Crippen molar-refractivity contribution in [2.24, 2.45) is 0 Å². The summed E-state index contributed by atoms with van der Waals surface area (Å²) in [7, 11) is 0. The van der Waals surface area contributed by atoms with Crippen molar-refractivity contribution < 1.29 is 15.3 Å². The highest BCUT2D eigenvalue weighted by molar-refractivity contribution is 5.85. The average molecular weight is 224 g/mol. The van der Waals surface area contributed by atoms with E-state index in [2.05, 4.69) is 4.90 Å². The van der Waals surface area contributed by atoms with Crippen molar-refractivity contribution in [1.82, 2.24) is 4.90 Å². The van der Waals surface area contributed by atoms with Gasteiger partial charge in [-0.15, -0.1) is 12.4 Å². The molecule has 0 aromatic carbocycles. The highest BCUT2D eigenvalue weighted by Crippen LogP contribution is 2.31. The third-order valence-corrected chi connectivity index (χ3v) is 3.34. The molecule has 3 N–H and O–H groups in total. The van der Waals surface area contributed by atoms with E-state index in [4.69, 9.17) is 5.11 Å². The standard InChI is InChI=1S/C9H17NO3.ClH/c11-5-7-2-1-6-3-8(12)9(13)4-10(6)7;/h6-9,11-13H,1-5H2;1H/t6-,7-,8-,9+;/m0./s1. The lowest BCUT2D eigenvalue weighted by atomic mass is 9.98. The Morgan fingerprint density at radius 3 is 2.50 bits per heavy atom.